The van der Waals surface area contributed by atoms with E-state index < -0.39 is 0 Å². The molecule has 0 radical (unpaired) electrons. The monoisotopic (exact) mass is 181 g/mol. The van der Waals surface area contributed by atoms with Crippen molar-refractivity contribution in [2.45, 2.75) is 13.5 Å². The predicted molar refractivity (Wildman–Crippen MR) is 49.4 cm³/mol. The van der Waals surface area contributed by atoms with Gasteiger partial charge in [0.1, 0.15) is 0 Å². The van der Waals surface area contributed by atoms with Crippen molar-refractivity contribution < 1.29 is 4.74 Å². The molecule has 1 aromatic heterocycles. The van der Waals surface area contributed by atoms with Crippen LogP contribution in [0.5, 0.6) is 0 Å². The number of ether oxygens (including phenoxy) is 1. The molecule has 1 aliphatic rings. The van der Waals surface area contributed by atoms with Crippen LogP contribution in [-0.4, -0.2) is 41.4 Å². The summed E-state index contributed by atoms with van der Waals surface area (Å²) in [6.45, 7) is 6.70. The maximum Gasteiger partial charge on any atom is 0.0765 e. The third-order valence-corrected chi connectivity index (χ3v) is 2.25. The normalized spacial score (nSPS) is 19.2. The van der Waals surface area contributed by atoms with Gasteiger partial charge < -0.3 is 4.74 Å². The molecule has 0 aliphatic carbocycles. The fourth-order valence-corrected chi connectivity index (χ4v) is 1.54. The average Bonchev–Trinajstić information content (AvgIpc) is 2.53. The number of hydrogen-bond donors (Lipinski definition) is 1. The van der Waals surface area contributed by atoms with Gasteiger partial charge in [-0.05, 0) is 13.0 Å². The van der Waals surface area contributed by atoms with Crippen LogP contribution in [0.15, 0.2) is 6.07 Å². The summed E-state index contributed by atoms with van der Waals surface area (Å²) in [5.74, 6) is 0. The van der Waals surface area contributed by atoms with Crippen molar-refractivity contribution in [3.63, 3.8) is 0 Å². The Balaban J connectivity index is 1.89. The Hall–Kier alpha value is -0.870. The highest BCUT2D eigenvalue weighted by atomic mass is 16.5. The van der Waals surface area contributed by atoms with E-state index in [0.29, 0.717) is 0 Å². The lowest BCUT2D eigenvalue weighted by Crippen LogP contribution is -2.35. The van der Waals surface area contributed by atoms with Gasteiger partial charge in [-0.1, -0.05) is 0 Å². The van der Waals surface area contributed by atoms with E-state index >= 15 is 0 Å². The molecule has 1 saturated heterocycles. The first-order valence-electron chi connectivity index (χ1n) is 4.65. The molecular formula is C9H15N3O. The third kappa shape index (κ3) is 2.29. The topological polar surface area (TPSA) is 41.1 Å². The van der Waals surface area contributed by atoms with Gasteiger partial charge in [0.2, 0.25) is 0 Å². The molecule has 2 heterocycles. The highest BCUT2D eigenvalue weighted by Crippen LogP contribution is 2.05. The van der Waals surface area contributed by atoms with Crippen molar-refractivity contribution in [3.05, 3.63) is 17.5 Å². The third-order valence-electron chi connectivity index (χ3n) is 2.25. The summed E-state index contributed by atoms with van der Waals surface area (Å²) in [4.78, 5) is 2.36. The minimum atomic E-state index is 0.851. The van der Waals surface area contributed by atoms with Crippen LogP contribution in [0, 0.1) is 6.92 Å². The maximum atomic E-state index is 5.27. The highest BCUT2D eigenvalue weighted by molar-refractivity contribution is 5.06. The number of morpholine rings is 1. The first kappa shape index (κ1) is 8.72. The van der Waals surface area contributed by atoms with E-state index in [1.807, 2.05) is 6.92 Å². The number of aromatic amines is 1. The number of rotatable bonds is 2. The smallest absolute Gasteiger partial charge is 0.0765 e. The summed E-state index contributed by atoms with van der Waals surface area (Å²) in [5.41, 5.74) is 2.25. The van der Waals surface area contributed by atoms with Crippen molar-refractivity contribution >= 4 is 0 Å². The molecule has 0 amide bonds. The van der Waals surface area contributed by atoms with Gasteiger partial charge in [-0.25, -0.2) is 0 Å². The number of hydrogen-bond acceptors (Lipinski definition) is 3. The molecule has 1 fully saturated rings. The Labute approximate surface area is 77.9 Å². The molecule has 0 saturated carbocycles. The molecule has 0 spiro atoms. The Kier molecular flexibility index (Phi) is 2.61. The van der Waals surface area contributed by atoms with E-state index in [9.17, 15) is 0 Å². The molecule has 0 atom stereocenters. The number of aromatic nitrogens is 2. The minimum absolute atomic E-state index is 0.851. The number of nitrogens with one attached hydrogen (secondary N) is 1. The standard InChI is InChI=1S/C9H15N3O/c1-8-6-9(11-10-8)7-12-2-4-13-5-3-12/h6H,2-5,7H2,1H3,(H,10,11). The molecule has 0 aromatic carbocycles. The van der Waals surface area contributed by atoms with E-state index in [2.05, 4.69) is 21.2 Å². The zero-order valence-electron chi connectivity index (χ0n) is 7.92. The fourth-order valence-electron chi connectivity index (χ4n) is 1.54. The van der Waals surface area contributed by atoms with Crippen LogP contribution >= 0.6 is 0 Å². The fraction of sp³-hybridized carbons (Fsp3) is 0.667. The summed E-state index contributed by atoms with van der Waals surface area (Å²) in [6.07, 6.45) is 0. The van der Waals surface area contributed by atoms with E-state index in [-0.39, 0.29) is 0 Å². The van der Waals surface area contributed by atoms with Crippen molar-refractivity contribution in [2.75, 3.05) is 26.3 Å². The largest absolute Gasteiger partial charge is 0.379 e. The van der Waals surface area contributed by atoms with E-state index in [0.717, 1.165) is 44.2 Å². The quantitative estimate of drug-likeness (QED) is 0.724. The Morgan fingerprint density at radius 1 is 1.54 bits per heavy atom. The van der Waals surface area contributed by atoms with Gasteiger partial charge in [-0.2, -0.15) is 5.10 Å². The molecule has 1 N–H and O–H groups in total. The molecule has 1 aromatic rings. The van der Waals surface area contributed by atoms with Gasteiger partial charge in [-0.15, -0.1) is 0 Å². The van der Waals surface area contributed by atoms with E-state index in [1.54, 1.807) is 0 Å². The first-order valence-corrected chi connectivity index (χ1v) is 4.65. The highest BCUT2D eigenvalue weighted by Gasteiger charge is 2.11. The van der Waals surface area contributed by atoms with Crippen molar-refractivity contribution in [2.24, 2.45) is 0 Å². The van der Waals surface area contributed by atoms with Crippen LogP contribution in [-0.2, 0) is 11.3 Å². The van der Waals surface area contributed by atoms with Crippen LogP contribution in [0.3, 0.4) is 0 Å². The maximum absolute atomic E-state index is 5.27. The molecule has 1 aliphatic heterocycles. The number of H-pyrrole nitrogens is 1. The van der Waals surface area contributed by atoms with Gasteiger partial charge in [0.25, 0.3) is 0 Å². The zero-order chi connectivity index (χ0) is 9.10. The number of nitrogens with zero attached hydrogens (tertiary/aromatic N) is 2. The SMILES string of the molecule is Cc1cc(CN2CCOCC2)n[nH]1. The molecular weight excluding hydrogens is 166 g/mol. The molecule has 0 bridgehead atoms. The van der Waals surface area contributed by atoms with Crippen LogP contribution in [0.25, 0.3) is 0 Å². The molecule has 13 heavy (non-hydrogen) atoms. The van der Waals surface area contributed by atoms with Crippen LogP contribution in [0.4, 0.5) is 0 Å². The zero-order valence-corrected chi connectivity index (χ0v) is 7.92. The summed E-state index contributed by atoms with van der Waals surface area (Å²) in [5, 5.41) is 7.15. The van der Waals surface area contributed by atoms with Crippen molar-refractivity contribution in [3.8, 4) is 0 Å². The van der Waals surface area contributed by atoms with Crippen molar-refractivity contribution in [1.29, 1.82) is 0 Å². The van der Waals surface area contributed by atoms with Crippen LogP contribution in [0.1, 0.15) is 11.4 Å². The molecule has 2 rings (SSSR count). The van der Waals surface area contributed by atoms with Gasteiger partial charge in [0, 0.05) is 25.3 Å². The van der Waals surface area contributed by atoms with Gasteiger partial charge in [0.15, 0.2) is 0 Å². The Bertz CT molecular complexity index is 266. The molecule has 4 heteroatoms. The van der Waals surface area contributed by atoms with Gasteiger partial charge in [-0.3, -0.25) is 10.00 Å². The van der Waals surface area contributed by atoms with E-state index in [4.69, 9.17) is 4.74 Å². The molecule has 0 unspecified atom stereocenters. The molecule has 72 valence electrons. The van der Waals surface area contributed by atoms with E-state index in [1.165, 1.54) is 0 Å². The summed E-state index contributed by atoms with van der Waals surface area (Å²) in [6, 6.07) is 2.09. The van der Waals surface area contributed by atoms with Gasteiger partial charge in [0.05, 0.1) is 18.9 Å². The summed E-state index contributed by atoms with van der Waals surface area (Å²) < 4.78 is 5.27. The minimum Gasteiger partial charge on any atom is -0.379 e. The molecule has 4 nitrogen and oxygen atoms in total. The summed E-state index contributed by atoms with van der Waals surface area (Å²) >= 11 is 0. The Morgan fingerprint density at radius 2 is 2.31 bits per heavy atom. The second-order valence-electron chi connectivity index (χ2n) is 3.43. The lowest BCUT2D eigenvalue weighted by molar-refractivity contribution is 0.0336. The van der Waals surface area contributed by atoms with Crippen LogP contribution < -0.4 is 0 Å². The lowest BCUT2D eigenvalue weighted by atomic mass is 10.3. The second kappa shape index (κ2) is 3.89. The number of aryl methyl sites for hydroxylation is 1. The van der Waals surface area contributed by atoms with Crippen LogP contribution in [0.2, 0.25) is 0 Å². The predicted octanol–water partition coefficient (Wildman–Crippen LogP) is 0.550. The lowest BCUT2D eigenvalue weighted by Gasteiger charge is -2.25. The first-order chi connectivity index (χ1) is 6.34. The Morgan fingerprint density at radius 3 is 2.92 bits per heavy atom. The average molecular weight is 181 g/mol. The second-order valence-corrected chi connectivity index (χ2v) is 3.43. The summed E-state index contributed by atoms with van der Waals surface area (Å²) in [7, 11) is 0. The van der Waals surface area contributed by atoms with Gasteiger partial charge >= 0.3 is 0 Å². The van der Waals surface area contributed by atoms with Crippen molar-refractivity contribution in [1.82, 2.24) is 15.1 Å².